The van der Waals surface area contributed by atoms with Crippen LogP contribution < -0.4 is 16.4 Å². The van der Waals surface area contributed by atoms with E-state index in [0.717, 1.165) is 30.5 Å². The fourth-order valence-electron chi connectivity index (χ4n) is 5.91. The van der Waals surface area contributed by atoms with Crippen LogP contribution in [0, 0.1) is 23.3 Å². The summed E-state index contributed by atoms with van der Waals surface area (Å²) < 4.78 is 86.0. The van der Waals surface area contributed by atoms with Crippen LogP contribution in [0.1, 0.15) is 36.0 Å². The van der Waals surface area contributed by atoms with Gasteiger partial charge in [0.15, 0.2) is 0 Å². The number of amides is 1. The molecule has 0 radical (unpaired) electrons. The van der Waals surface area contributed by atoms with Crippen LogP contribution in [-0.4, -0.2) is 54.8 Å². The number of carbonyl (C=O) groups is 1. The van der Waals surface area contributed by atoms with E-state index in [-0.39, 0.29) is 40.6 Å². The predicted octanol–water partition coefficient (Wildman–Crippen LogP) is 4.72. The monoisotopic (exact) mass is 655 g/mol. The summed E-state index contributed by atoms with van der Waals surface area (Å²) in [6.45, 7) is 2.57. The molecule has 2 heterocycles. The number of piperazine rings is 1. The molecule has 1 aliphatic heterocycles. The van der Waals surface area contributed by atoms with Gasteiger partial charge in [-0.05, 0) is 67.3 Å². The summed E-state index contributed by atoms with van der Waals surface area (Å²) in [6.07, 6.45) is 2.48. The van der Waals surface area contributed by atoms with Gasteiger partial charge in [0.2, 0.25) is 15.9 Å². The van der Waals surface area contributed by atoms with Gasteiger partial charge in [-0.15, -0.1) is 0 Å². The number of hydrogen-bond acceptors (Lipinski definition) is 6. The maximum absolute atomic E-state index is 15.2. The van der Waals surface area contributed by atoms with E-state index in [2.05, 4.69) is 15.6 Å². The van der Waals surface area contributed by atoms with Crippen LogP contribution in [0.25, 0.3) is 0 Å². The van der Waals surface area contributed by atoms with E-state index in [9.17, 15) is 26.4 Å². The third-order valence-corrected chi connectivity index (χ3v) is 10.1. The Kier molecular flexibility index (Phi) is 10.2. The smallest absolute Gasteiger partial charge is 0.243 e. The van der Waals surface area contributed by atoms with E-state index in [0.29, 0.717) is 24.7 Å². The Hall–Kier alpha value is -4.17. The minimum atomic E-state index is -3.86. The molecule has 0 bridgehead atoms. The van der Waals surface area contributed by atoms with Crippen LogP contribution in [0.3, 0.4) is 0 Å². The zero-order valence-electron chi connectivity index (χ0n) is 24.8. The molecule has 46 heavy (non-hydrogen) atoms. The van der Waals surface area contributed by atoms with Gasteiger partial charge >= 0.3 is 0 Å². The number of aromatic nitrogens is 1. The van der Waals surface area contributed by atoms with Crippen molar-refractivity contribution >= 4 is 21.6 Å². The molecule has 1 fully saturated rings. The molecule has 4 N–H and O–H groups in total. The lowest BCUT2D eigenvalue weighted by molar-refractivity contribution is -0.117. The average molecular weight is 656 g/mol. The Balaban J connectivity index is 1.39. The van der Waals surface area contributed by atoms with Gasteiger partial charge in [-0.3, -0.25) is 9.78 Å². The van der Waals surface area contributed by atoms with E-state index in [1.807, 2.05) is 0 Å². The predicted molar refractivity (Wildman–Crippen MR) is 165 cm³/mol. The fraction of sp³-hybridized carbons (Fsp3) is 0.273. The van der Waals surface area contributed by atoms with Gasteiger partial charge in [-0.25, -0.2) is 26.0 Å². The molecular formula is C33H33F4N5O3S. The first kappa shape index (κ1) is 33.2. The molecule has 1 aliphatic rings. The van der Waals surface area contributed by atoms with Crippen LogP contribution in [0.15, 0.2) is 90.1 Å². The molecule has 8 nitrogen and oxygen atoms in total. The zero-order chi connectivity index (χ0) is 33.0. The number of anilines is 1. The topological polar surface area (TPSA) is 117 Å². The Morgan fingerprint density at radius 1 is 0.957 bits per heavy atom. The Labute approximate surface area is 264 Å². The molecule has 1 saturated heterocycles. The van der Waals surface area contributed by atoms with Gasteiger partial charge in [0.25, 0.3) is 0 Å². The van der Waals surface area contributed by atoms with Gasteiger partial charge < -0.3 is 16.4 Å². The van der Waals surface area contributed by atoms with Crippen molar-refractivity contribution in [1.29, 1.82) is 0 Å². The molecule has 0 saturated carbocycles. The van der Waals surface area contributed by atoms with Crippen molar-refractivity contribution in [3.8, 4) is 0 Å². The Morgan fingerprint density at radius 3 is 2.30 bits per heavy atom. The van der Waals surface area contributed by atoms with Gasteiger partial charge in [0.1, 0.15) is 23.3 Å². The first-order chi connectivity index (χ1) is 22.0. The summed E-state index contributed by atoms with van der Waals surface area (Å²) in [6, 6.07) is 13.5. The second kappa shape index (κ2) is 14.1. The molecule has 13 heteroatoms. The summed E-state index contributed by atoms with van der Waals surface area (Å²) in [5.41, 5.74) is 6.85. The van der Waals surface area contributed by atoms with E-state index in [1.54, 1.807) is 25.1 Å². The van der Waals surface area contributed by atoms with Crippen LogP contribution in [-0.2, 0) is 21.2 Å². The first-order valence-electron chi connectivity index (χ1n) is 14.6. The minimum absolute atomic E-state index is 0.0120. The van der Waals surface area contributed by atoms with Gasteiger partial charge in [0.05, 0.1) is 29.0 Å². The van der Waals surface area contributed by atoms with Crippen LogP contribution >= 0.6 is 0 Å². The highest BCUT2D eigenvalue weighted by Crippen LogP contribution is 2.31. The molecule has 0 spiro atoms. The molecule has 0 unspecified atom stereocenters. The van der Waals surface area contributed by atoms with Crippen molar-refractivity contribution in [2.24, 2.45) is 5.73 Å². The van der Waals surface area contributed by atoms with Crippen LogP contribution in [0.5, 0.6) is 0 Å². The standard InChI is InChI=1S/C33H33F4N5O3S/c1-20-16-39-17-26(42(20)46(44,45)27-5-3-2-4-6-27)11-12-28-29(37)18-40-19-30(28)41-33(43)32(38)31(21-7-9-23(34)10-8-21)22-13-24(35)15-25(36)14-22/h2-10,13-15,18-20,26,31-32,39H,11-12,16-17,38H2,1H3,(H,41,43)/t20-,26-,31-,32-/m0/s1. The summed E-state index contributed by atoms with van der Waals surface area (Å²) in [4.78, 5) is 17.6. The number of nitrogens with one attached hydrogen (secondary N) is 2. The molecule has 0 aliphatic carbocycles. The molecule has 242 valence electrons. The average Bonchev–Trinajstić information content (AvgIpc) is 3.01. The number of benzene rings is 3. The highest BCUT2D eigenvalue weighted by atomic mass is 32.2. The summed E-state index contributed by atoms with van der Waals surface area (Å²) in [7, 11) is -3.86. The van der Waals surface area contributed by atoms with E-state index in [4.69, 9.17) is 5.73 Å². The summed E-state index contributed by atoms with van der Waals surface area (Å²) in [5, 5.41) is 5.83. The lowest BCUT2D eigenvalue weighted by atomic mass is 9.84. The Bertz CT molecular complexity index is 1770. The molecule has 1 aromatic heterocycles. The largest absolute Gasteiger partial charge is 0.323 e. The maximum Gasteiger partial charge on any atom is 0.243 e. The third kappa shape index (κ3) is 7.28. The molecule has 5 rings (SSSR count). The van der Waals surface area contributed by atoms with Crippen molar-refractivity contribution in [3.63, 3.8) is 0 Å². The molecule has 4 atom stereocenters. The summed E-state index contributed by atoms with van der Waals surface area (Å²) in [5.74, 6) is -4.96. The fourth-order valence-corrected chi connectivity index (χ4v) is 7.77. The first-order valence-corrected chi connectivity index (χ1v) is 16.1. The SMILES string of the molecule is C[C@H]1CNC[C@H](CCc2c(F)cncc2NC(=O)[C@@H](N)[C@@H](c2ccc(F)cc2)c2cc(F)cc(F)c2)N1S(=O)(=O)c1ccccc1. The van der Waals surface area contributed by atoms with Crippen molar-refractivity contribution in [2.45, 2.75) is 48.7 Å². The minimum Gasteiger partial charge on any atom is -0.323 e. The Morgan fingerprint density at radius 2 is 1.63 bits per heavy atom. The number of nitrogens with two attached hydrogens (primary N) is 1. The van der Waals surface area contributed by atoms with Crippen molar-refractivity contribution in [3.05, 3.63) is 125 Å². The molecule has 3 aromatic carbocycles. The van der Waals surface area contributed by atoms with Gasteiger partial charge in [-0.2, -0.15) is 4.31 Å². The zero-order valence-corrected chi connectivity index (χ0v) is 25.7. The normalized spacial score (nSPS) is 18.6. The van der Waals surface area contributed by atoms with Crippen molar-refractivity contribution < 1.29 is 30.8 Å². The quantitative estimate of drug-likeness (QED) is 0.213. The number of carbonyl (C=O) groups excluding carboxylic acids is 1. The molecule has 1 amide bonds. The van der Waals surface area contributed by atoms with Crippen molar-refractivity contribution in [2.75, 3.05) is 18.4 Å². The molecule has 4 aromatic rings. The number of sulfonamides is 1. The second-order valence-electron chi connectivity index (χ2n) is 11.2. The highest BCUT2D eigenvalue weighted by Gasteiger charge is 2.38. The second-order valence-corrected chi connectivity index (χ2v) is 13.1. The van der Waals surface area contributed by atoms with Gasteiger partial charge in [0, 0.05) is 42.7 Å². The lowest BCUT2D eigenvalue weighted by Gasteiger charge is -2.40. The number of pyridine rings is 1. The summed E-state index contributed by atoms with van der Waals surface area (Å²) >= 11 is 0. The van der Waals surface area contributed by atoms with E-state index in [1.165, 1.54) is 34.8 Å². The van der Waals surface area contributed by atoms with Crippen LogP contribution in [0.4, 0.5) is 23.2 Å². The number of nitrogens with zero attached hydrogens (tertiary/aromatic N) is 2. The molecular weight excluding hydrogens is 622 g/mol. The van der Waals surface area contributed by atoms with E-state index >= 15 is 4.39 Å². The number of halogens is 4. The third-order valence-electron chi connectivity index (χ3n) is 8.06. The highest BCUT2D eigenvalue weighted by molar-refractivity contribution is 7.89. The van der Waals surface area contributed by atoms with Gasteiger partial charge in [-0.1, -0.05) is 30.3 Å². The van der Waals surface area contributed by atoms with Crippen LogP contribution in [0.2, 0.25) is 0 Å². The number of hydrogen-bond donors (Lipinski definition) is 3. The number of rotatable bonds is 10. The van der Waals surface area contributed by atoms with E-state index < -0.39 is 57.2 Å². The maximum atomic E-state index is 15.2. The van der Waals surface area contributed by atoms with Crippen molar-refractivity contribution in [1.82, 2.24) is 14.6 Å². The lowest BCUT2D eigenvalue weighted by Crippen LogP contribution is -2.58.